The van der Waals surface area contributed by atoms with E-state index in [0.717, 1.165) is 40.5 Å². The van der Waals surface area contributed by atoms with Gasteiger partial charge in [0.2, 0.25) is 5.91 Å². The van der Waals surface area contributed by atoms with E-state index in [4.69, 9.17) is 15.2 Å². The molecule has 6 heteroatoms. The SMILES string of the molecule is COc1ccc(OCCCCN)c(C2Sc3ccccc3N2C(C)=O)c1. The van der Waals surface area contributed by atoms with Gasteiger partial charge < -0.3 is 15.2 Å². The fraction of sp³-hybridized carbons (Fsp3) is 0.350. The average Bonchev–Trinajstić information content (AvgIpc) is 3.05. The Hall–Kier alpha value is -2.18. The summed E-state index contributed by atoms with van der Waals surface area (Å²) in [6, 6.07) is 13.7. The minimum absolute atomic E-state index is 0.00403. The summed E-state index contributed by atoms with van der Waals surface area (Å²) < 4.78 is 11.4. The molecular formula is C20H24N2O3S. The van der Waals surface area contributed by atoms with Crippen molar-refractivity contribution >= 4 is 23.4 Å². The van der Waals surface area contributed by atoms with Crippen molar-refractivity contribution in [1.82, 2.24) is 0 Å². The Bertz CT molecular complexity index is 781. The van der Waals surface area contributed by atoms with Crippen LogP contribution in [0.15, 0.2) is 47.4 Å². The van der Waals surface area contributed by atoms with Crippen LogP contribution in [0.25, 0.3) is 0 Å². The van der Waals surface area contributed by atoms with Crippen LogP contribution >= 0.6 is 11.8 Å². The highest BCUT2D eigenvalue weighted by atomic mass is 32.2. The zero-order valence-corrected chi connectivity index (χ0v) is 15.9. The fourth-order valence-corrected chi connectivity index (χ4v) is 4.36. The van der Waals surface area contributed by atoms with Crippen molar-refractivity contribution in [3.8, 4) is 11.5 Å². The molecule has 0 spiro atoms. The van der Waals surface area contributed by atoms with Gasteiger partial charge >= 0.3 is 0 Å². The molecular weight excluding hydrogens is 348 g/mol. The number of benzene rings is 2. The van der Waals surface area contributed by atoms with Crippen molar-refractivity contribution in [2.24, 2.45) is 5.73 Å². The van der Waals surface area contributed by atoms with Crippen LogP contribution in [0.1, 0.15) is 30.7 Å². The first-order chi connectivity index (χ1) is 12.7. The highest BCUT2D eigenvalue weighted by molar-refractivity contribution is 8.00. The van der Waals surface area contributed by atoms with Crippen LogP contribution in [0.4, 0.5) is 5.69 Å². The van der Waals surface area contributed by atoms with Gasteiger partial charge in [-0.25, -0.2) is 0 Å². The zero-order valence-electron chi connectivity index (χ0n) is 15.1. The summed E-state index contributed by atoms with van der Waals surface area (Å²) in [6.45, 7) is 2.85. The number of fused-ring (bicyclic) bond motifs is 1. The van der Waals surface area contributed by atoms with Crippen molar-refractivity contribution in [1.29, 1.82) is 0 Å². The Balaban J connectivity index is 1.95. The van der Waals surface area contributed by atoms with E-state index in [9.17, 15) is 4.79 Å². The predicted molar refractivity (Wildman–Crippen MR) is 105 cm³/mol. The molecule has 1 aliphatic rings. The van der Waals surface area contributed by atoms with Crippen molar-refractivity contribution in [2.75, 3.05) is 25.2 Å². The molecule has 138 valence electrons. The fourth-order valence-electron chi connectivity index (χ4n) is 3.00. The first kappa shape index (κ1) is 18.6. The average molecular weight is 372 g/mol. The standard InChI is InChI=1S/C20H24N2O3S/c1-14(23)22-17-7-3-4-8-19(17)26-20(22)16-13-15(24-2)9-10-18(16)25-12-6-5-11-21/h3-4,7-10,13,20H,5-6,11-12,21H2,1-2H3. The first-order valence-electron chi connectivity index (χ1n) is 8.72. The molecule has 5 nitrogen and oxygen atoms in total. The molecule has 2 aromatic rings. The van der Waals surface area contributed by atoms with E-state index in [2.05, 4.69) is 0 Å². The molecule has 0 aliphatic carbocycles. The van der Waals surface area contributed by atoms with Crippen molar-refractivity contribution in [2.45, 2.75) is 30.0 Å². The number of ether oxygens (including phenoxy) is 2. The Morgan fingerprint density at radius 2 is 2.04 bits per heavy atom. The molecule has 0 bridgehead atoms. The van der Waals surface area contributed by atoms with E-state index in [0.29, 0.717) is 13.2 Å². The molecule has 0 aromatic heterocycles. The van der Waals surface area contributed by atoms with Crippen LogP contribution in [-0.2, 0) is 4.79 Å². The van der Waals surface area contributed by atoms with E-state index < -0.39 is 0 Å². The third-order valence-electron chi connectivity index (χ3n) is 4.28. The van der Waals surface area contributed by atoms with E-state index >= 15 is 0 Å². The van der Waals surface area contributed by atoms with Gasteiger partial charge in [0.05, 0.1) is 19.4 Å². The second-order valence-electron chi connectivity index (χ2n) is 6.07. The minimum Gasteiger partial charge on any atom is -0.497 e. The number of rotatable bonds is 7. The van der Waals surface area contributed by atoms with Gasteiger partial charge in [0, 0.05) is 17.4 Å². The lowest BCUT2D eigenvalue weighted by atomic mass is 10.1. The number of carbonyl (C=O) groups excluding carboxylic acids is 1. The zero-order chi connectivity index (χ0) is 18.5. The summed E-state index contributed by atoms with van der Waals surface area (Å²) >= 11 is 1.65. The summed E-state index contributed by atoms with van der Waals surface area (Å²) in [5.41, 5.74) is 7.43. The molecule has 3 rings (SSSR count). The summed E-state index contributed by atoms with van der Waals surface area (Å²) in [5.74, 6) is 1.53. The molecule has 2 aromatic carbocycles. The Labute approximate surface area is 158 Å². The van der Waals surface area contributed by atoms with E-state index in [1.807, 2.05) is 47.4 Å². The Morgan fingerprint density at radius 3 is 2.77 bits per heavy atom. The molecule has 0 fully saturated rings. The third kappa shape index (κ3) is 3.81. The predicted octanol–water partition coefficient (Wildman–Crippen LogP) is 3.97. The summed E-state index contributed by atoms with van der Waals surface area (Å²) in [7, 11) is 1.64. The number of nitrogens with two attached hydrogens (primary N) is 1. The minimum atomic E-state index is -0.176. The van der Waals surface area contributed by atoms with Gasteiger partial charge in [0.15, 0.2) is 0 Å². The van der Waals surface area contributed by atoms with Crippen LogP contribution in [0.5, 0.6) is 11.5 Å². The van der Waals surface area contributed by atoms with Crippen LogP contribution < -0.4 is 20.1 Å². The summed E-state index contributed by atoms with van der Waals surface area (Å²) in [6.07, 6.45) is 1.82. The molecule has 1 atom stereocenters. The molecule has 0 saturated heterocycles. The van der Waals surface area contributed by atoms with Crippen LogP contribution in [-0.4, -0.2) is 26.2 Å². The molecule has 1 heterocycles. The summed E-state index contributed by atoms with van der Waals surface area (Å²) in [4.78, 5) is 15.3. The topological polar surface area (TPSA) is 64.8 Å². The molecule has 1 aliphatic heterocycles. The lowest BCUT2D eigenvalue weighted by Gasteiger charge is -2.25. The highest BCUT2D eigenvalue weighted by Crippen LogP contribution is 2.53. The maximum Gasteiger partial charge on any atom is 0.225 e. The summed E-state index contributed by atoms with van der Waals surface area (Å²) in [5, 5.41) is -0.176. The number of unbranched alkanes of at least 4 members (excludes halogenated alkanes) is 1. The van der Waals surface area contributed by atoms with Gasteiger partial charge in [0.1, 0.15) is 16.9 Å². The smallest absolute Gasteiger partial charge is 0.225 e. The van der Waals surface area contributed by atoms with Gasteiger partial charge in [-0.1, -0.05) is 23.9 Å². The molecule has 26 heavy (non-hydrogen) atoms. The number of amides is 1. The lowest BCUT2D eigenvalue weighted by Crippen LogP contribution is -2.28. The Morgan fingerprint density at radius 1 is 1.23 bits per heavy atom. The maximum atomic E-state index is 12.4. The number of methoxy groups -OCH3 is 1. The largest absolute Gasteiger partial charge is 0.497 e. The highest BCUT2D eigenvalue weighted by Gasteiger charge is 2.35. The van der Waals surface area contributed by atoms with Crippen LogP contribution in [0, 0.1) is 0 Å². The number of anilines is 1. The van der Waals surface area contributed by atoms with Crippen LogP contribution in [0.2, 0.25) is 0 Å². The second-order valence-corrected chi connectivity index (χ2v) is 7.20. The number of carbonyl (C=O) groups is 1. The van der Waals surface area contributed by atoms with Gasteiger partial charge in [-0.15, -0.1) is 0 Å². The van der Waals surface area contributed by atoms with Crippen LogP contribution in [0.3, 0.4) is 0 Å². The van der Waals surface area contributed by atoms with Crippen molar-refractivity contribution in [3.63, 3.8) is 0 Å². The first-order valence-corrected chi connectivity index (χ1v) is 9.60. The second kappa shape index (κ2) is 8.47. The number of hydrogen-bond donors (Lipinski definition) is 1. The van der Waals surface area contributed by atoms with Crippen molar-refractivity contribution < 1.29 is 14.3 Å². The lowest BCUT2D eigenvalue weighted by molar-refractivity contribution is -0.116. The number of thioether (sulfide) groups is 1. The monoisotopic (exact) mass is 372 g/mol. The number of nitrogens with zero attached hydrogens (tertiary/aromatic N) is 1. The van der Waals surface area contributed by atoms with Gasteiger partial charge in [-0.3, -0.25) is 9.69 Å². The molecule has 1 amide bonds. The third-order valence-corrected chi connectivity index (χ3v) is 5.56. The maximum absolute atomic E-state index is 12.4. The van der Waals surface area contributed by atoms with Crippen molar-refractivity contribution in [3.05, 3.63) is 48.0 Å². The number of para-hydroxylation sites is 1. The molecule has 2 N–H and O–H groups in total. The van der Waals surface area contributed by atoms with Gasteiger partial charge in [-0.2, -0.15) is 0 Å². The quantitative estimate of drug-likeness (QED) is 0.745. The van der Waals surface area contributed by atoms with Gasteiger partial charge in [-0.05, 0) is 49.7 Å². The Kier molecular flexibility index (Phi) is 6.06. The number of hydrogen-bond acceptors (Lipinski definition) is 5. The molecule has 0 radical (unpaired) electrons. The van der Waals surface area contributed by atoms with E-state index in [1.165, 1.54) is 0 Å². The normalized spacial score (nSPS) is 15.7. The molecule has 1 unspecified atom stereocenters. The van der Waals surface area contributed by atoms with E-state index in [-0.39, 0.29) is 11.3 Å². The van der Waals surface area contributed by atoms with E-state index in [1.54, 1.807) is 25.8 Å². The van der Waals surface area contributed by atoms with Gasteiger partial charge in [0.25, 0.3) is 0 Å². The molecule has 0 saturated carbocycles.